The Morgan fingerprint density at radius 3 is 2.66 bits per heavy atom. The second kappa shape index (κ2) is 11.5. The number of carbonyl (C=O) groups excluding carboxylic acids is 1. The van der Waals surface area contributed by atoms with Gasteiger partial charge in [-0.3, -0.25) is 19.5 Å². The molecule has 0 radical (unpaired) electrons. The van der Waals surface area contributed by atoms with E-state index in [-0.39, 0.29) is 29.0 Å². The van der Waals surface area contributed by atoms with Gasteiger partial charge in [-0.2, -0.15) is 10.2 Å². The highest BCUT2D eigenvalue weighted by atomic mass is 35.5. The summed E-state index contributed by atoms with van der Waals surface area (Å²) in [7, 11) is 0. The largest absolute Gasteiger partial charge is 0.392 e. The van der Waals surface area contributed by atoms with Gasteiger partial charge in [0.25, 0.3) is 0 Å². The van der Waals surface area contributed by atoms with E-state index < -0.39 is 0 Å². The number of amides is 1. The summed E-state index contributed by atoms with van der Waals surface area (Å²) in [6.07, 6.45) is 8.12. The molecule has 1 aromatic carbocycles. The second-order valence-corrected chi connectivity index (χ2v) is 16.5. The van der Waals surface area contributed by atoms with E-state index in [1.807, 2.05) is 17.2 Å². The molecule has 6 heterocycles. The van der Waals surface area contributed by atoms with E-state index in [0.29, 0.717) is 22.0 Å². The number of rotatable bonds is 6. The highest BCUT2D eigenvalue weighted by Gasteiger charge is 2.55. The lowest BCUT2D eigenvalue weighted by Gasteiger charge is -2.58. The maximum atomic E-state index is 12.1. The number of hydrogen-bond acceptors (Lipinski definition) is 7. The number of likely N-dealkylation sites (tertiary alicyclic amines) is 1. The lowest BCUT2D eigenvalue weighted by molar-refractivity contribution is -0.149. The van der Waals surface area contributed by atoms with Crippen LogP contribution in [0.5, 0.6) is 0 Å². The van der Waals surface area contributed by atoms with E-state index in [1.165, 1.54) is 6.08 Å². The Kier molecular flexibility index (Phi) is 7.72. The Morgan fingerprint density at radius 2 is 1.91 bits per heavy atom. The Balaban J connectivity index is 1.09. The van der Waals surface area contributed by atoms with Crippen LogP contribution in [-0.4, -0.2) is 116 Å². The fourth-order valence-corrected chi connectivity index (χ4v) is 10.2. The smallest absolute Gasteiger partial charge is 0.245 e. The van der Waals surface area contributed by atoms with Crippen LogP contribution in [0.25, 0.3) is 22.0 Å². The molecule has 3 aromatic rings. The van der Waals surface area contributed by atoms with Crippen molar-refractivity contribution in [2.75, 3.05) is 57.3 Å². The number of nitrogens with zero attached hydrogens (tertiary/aromatic N) is 7. The van der Waals surface area contributed by atoms with E-state index in [0.717, 1.165) is 118 Å². The first kappa shape index (κ1) is 31.6. The minimum Gasteiger partial charge on any atom is -0.392 e. The standard InChI is InChI=1S/C35H46Cl2N8O2/c1-5-29(47)43-19-35(20-43)13-24(14-35)45-21(2)30(31-26-15-38-39-28(26)11-27(36)32(31)37)33(40-45)44-7-6-22(12-34(44,3)4)16-41-8-9-42-18-25(46)10-23(42)17-41/h5,11,15,22-25,46H,1,6-10,12-14,16-20H2,2-4H3,(H,38,39)/t22-,23-,25+/m1/s1. The van der Waals surface area contributed by atoms with Gasteiger partial charge >= 0.3 is 0 Å². The van der Waals surface area contributed by atoms with Crippen molar-refractivity contribution in [1.82, 2.24) is 34.7 Å². The van der Waals surface area contributed by atoms with E-state index in [1.54, 1.807) is 0 Å². The van der Waals surface area contributed by atoms with Gasteiger partial charge < -0.3 is 19.8 Å². The van der Waals surface area contributed by atoms with Crippen molar-refractivity contribution in [3.8, 4) is 11.1 Å². The molecule has 47 heavy (non-hydrogen) atoms. The number of halogens is 2. The summed E-state index contributed by atoms with van der Waals surface area (Å²) in [6, 6.07) is 2.59. The van der Waals surface area contributed by atoms with Crippen LogP contribution in [0, 0.1) is 18.3 Å². The minimum absolute atomic E-state index is 0.0175. The Bertz CT molecular complexity index is 1720. The first-order chi connectivity index (χ1) is 22.4. The third-order valence-corrected chi connectivity index (χ3v) is 12.8. The molecule has 5 fully saturated rings. The number of carbonyl (C=O) groups is 1. The summed E-state index contributed by atoms with van der Waals surface area (Å²) in [5.74, 6) is 1.57. The zero-order chi connectivity index (χ0) is 32.8. The molecule has 0 unspecified atom stereocenters. The molecule has 1 aliphatic carbocycles. The SMILES string of the molecule is C=CC(=O)N1CC2(CC(n3nc(N4CC[C@@H](CN5CCN6C[C@@H](O)C[C@@H]6C5)CC4(C)C)c(-c4c(Cl)c(Cl)cc5[nH]ncc45)c3C)C2)C1. The van der Waals surface area contributed by atoms with Crippen molar-refractivity contribution in [3.63, 3.8) is 0 Å². The molecule has 4 saturated heterocycles. The molecular weight excluding hydrogens is 635 g/mol. The quantitative estimate of drug-likeness (QED) is 0.348. The number of aromatic amines is 1. The number of piperazine rings is 1. The van der Waals surface area contributed by atoms with E-state index in [4.69, 9.17) is 28.3 Å². The maximum absolute atomic E-state index is 12.1. The molecule has 1 amide bonds. The lowest BCUT2D eigenvalue weighted by Crippen LogP contribution is -2.63. The third-order valence-electron chi connectivity index (χ3n) is 12.0. The summed E-state index contributed by atoms with van der Waals surface area (Å²) in [6.45, 7) is 18.1. The van der Waals surface area contributed by atoms with E-state index in [9.17, 15) is 9.90 Å². The number of H-pyrrole nitrogens is 1. The average Bonchev–Trinajstić information content (AvgIpc) is 3.68. The highest BCUT2D eigenvalue weighted by molar-refractivity contribution is 6.45. The molecule has 1 spiro atoms. The Morgan fingerprint density at radius 1 is 1.13 bits per heavy atom. The highest BCUT2D eigenvalue weighted by Crippen LogP contribution is 2.56. The van der Waals surface area contributed by atoms with Gasteiger partial charge in [-0.1, -0.05) is 29.8 Å². The van der Waals surface area contributed by atoms with Crippen molar-refractivity contribution in [2.24, 2.45) is 11.3 Å². The van der Waals surface area contributed by atoms with Crippen LogP contribution in [0.3, 0.4) is 0 Å². The topological polar surface area (TPSA) is 96.8 Å². The number of fused-ring (bicyclic) bond motifs is 2. The van der Waals surface area contributed by atoms with Gasteiger partial charge in [0.2, 0.25) is 5.91 Å². The van der Waals surface area contributed by atoms with Crippen LogP contribution in [0.15, 0.2) is 24.9 Å². The number of aromatic nitrogens is 4. The lowest BCUT2D eigenvalue weighted by atomic mass is 9.60. The fourth-order valence-electron chi connectivity index (χ4n) is 9.73. The first-order valence-electron chi connectivity index (χ1n) is 17.2. The third kappa shape index (κ3) is 5.30. The molecule has 252 valence electrons. The predicted molar refractivity (Wildman–Crippen MR) is 186 cm³/mol. The van der Waals surface area contributed by atoms with Gasteiger partial charge in [-0.05, 0) is 70.9 Å². The molecule has 4 aliphatic heterocycles. The van der Waals surface area contributed by atoms with Gasteiger partial charge in [-0.25, -0.2) is 0 Å². The van der Waals surface area contributed by atoms with Crippen LogP contribution in [0.2, 0.25) is 10.0 Å². The second-order valence-electron chi connectivity index (χ2n) is 15.7. The monoisotopic (exact) mass is 680 g/mol. The van der Waals surface area contributed by atoms with Gasteiger partial charge in [0.05, 0.1) is 33.9 Å². The summed E-state index contributed by atoms with van der Waals surface area (Å²) in [4.78, 5) is 21.7. The molecule has 2 N–H and O–H groups in total. The zero-order valence-electron chi connectivity index (χ0n) is 27.7. The molecule has 1 saturated carbocycles. The number of aliphatic hydroxyl groups is 1. The average molecular weight is 682 g/mol. The van der Waals surface area contributed by atoms with Crippen LogP contribution < -0.4 is 4.90 Å². The number of hydrogen-bond donors (Lipinski definition) is 2. The van der Waals surface area contributed by atoms with Gasteiger partial charge in [-0.15, -0.1) is 0 Å². The Labute approximate surface area is 286 Å². The van der Waals surface area contributed by atoms with Gasteiger partial charge in [0.1, 0.15) is 0 Å². The van der Waals surface area contributed by atoms with Crippen molar-refractivity contribution in [3.05, 3.63) is 40.7 Å². The van der Waals surface area contributed by atoms with E-state index >= 15 is 0 Å². The van der Waals surface area contributed by atoms with Crippen LogP contribution in [-0.2, 0) is 4.79 Å². The van der Waals surface area contributed by atoms with Crippen molar-refractivity contribution in [1.29, 1.82) is 0 Å². The summed E-state index contributed by atoms with van der Waals surface area (Å²) in [5, 5.41) is 25.0. The van der Waals surface area contributed by atoms with Crippen LogP contribution >= 0.6 is 23.2 Å². The zero-order valence-corrected chi connectivity index (χ0v) is 29.2. The molecule has 0 bridgehead atoms. The normalized spacial score (nSPS) is 27.7. The molecular formula is C35H46Cl2N8O2. The summed E-state index contributed by atoms with van der Waals surface area (Å²) >= 11 is 13.8. The van der Waals surface area contributed by atoms with E-state index in [2.05, 4.69) is 56.9 Å². The summed E-state index contributed by atoms with van der Waals surface area (Å²) < 4.78 is 2.23. The minimum atomic E-state index is -0.175. The molecule has 10 nitrogen and oxygen atoms in total. The molecule has 3 atom stereocenters. The molecule has 2 aromatic heterocycles. The molecule has 12 heteroatoms. The van der Waals surface area contributed by atoms with Crippen LogP contribution in [0.1, 0.15) is 57.7 Å². The molecule has 5 aliphatic rings. The Hall–Kier alpha value is -2.63. The van der Waals surface area contributed by atoms with Gasteiger partial charge in [0.15, 0.2) is 5.82 Å². The number of anilines is 1. The van der Waals surface area contributed by atoms with Crippen molar-refractivity contribution in [2.45, 2.75) is 76.6 Å². The number of aliphatic hydroxyl groups excluding tert-OH is 1. The predicted octanol–water partition coefficient (Wildman–Crippen LogP) is 5.14. The molecule has 8 rings (SSSR count). The number of benzene rings is 1. The van der Waals surface area contributed by atoms with Crippen molar-refractivity contribution >= 4 is 45.8 Å². The number of nitrogens with one attached hydrogen (secondary N) is 1. The fraction of sp³-hybridized carbons (Fsp3) is 0.629. The van der Waals surface area contributed by atoms with Crippen molar-refractivity contribution < 1.29 is 9.90 Å². The number of piperidine rings is 1. The van der Waals surface area contributed by atoms with Gasteiger partial charge in [0, 0.05) is 91.6 Å². The maximum Gasteiger partial charge on any atom is 0.245 e. The van der Waals surface area contributed by atoms with Crippen LogP contribution in [0.4, 0.5) is 5.82 Å². The first-order valence-corrected chi connectivity index (χ1v) is 17.9. The summed E-state index contributed by atoms with van der Waals surface area (Å²) in [5.41, 5.74) is 3.90.